The van der Waals surface area contributed by atoms with Crippen molar-refractivity contribution in [2.24, 2.45) is 5.92 Å². The zero-order valence-corrected chi connectivity index (χ0v) is 15.8. The number of amides is 1. The highest BCUT2D eigenvalue weighted by molar-refractivity contribution is 5.93. The lowest BCUT2D eigenvalue weighted by molar-refractivity contribution is -0.119. The molecule has 3 aromatic rings. The van der Waals surface area contributed by atoms with Crippen LogP contribution in [0.1, 0.15) is 17.0 Å². The van der Waals surface area contributed by atoms with Gasteiger partial charge in [-0.05, 0) is 42.0 Å². The fraction of sp³-hybridized carbons (Fsp3) is 0.167. The van der Waals surface area contributed by atoms with Gasteiger partial charge in [0.1, 0.15) is 11.5 Å². The molecule has 1 amide bonds. The second-order valence-electron chi connectivity index (χ2n) is 7.04. The molecular formula is C24H21N3O2. The van der Waals surface area contributed by atoms with Crippen molar-refractivity contribution in [3.8, 4) is 17.6 Å². The van der Waals surface area contributed by atoms with Crippen LogP contribution in [0, 0.1) is 17.2 Å². The first kappa shape index (κ1) is 18.7. The molecule has 5 heteroatoms. The maximum absolute atomic E-state index is 12.9. The Labute approximate surface area is 169 Å². The quantitative estimate of drug-likeness (QED) is 0.689. The molecule has 0 spiro atoms. The van der Waals surface area contributed by atoms with E-state index in [1.807, 2.05) is 36.4 Å². The lowest BCUT2D eigenvalue weighted by Crippen LogP contribution is -2.28. The maximum Gasteiger partial charge on any atom is 0.229 e. The molecule has 3 aromatic carbocycles. The van der Waals surface area contributed by atoms with Crippen LogP contribution in [-0.2, 0) is 4.79 Å². The number of nitrogens with zero attached hydrogens (tertiary/aromatic N) is 1. The van der Waals surface area contributed by atoms with Crippen LogP contribution in [0.3, 0.4) is 0 Å². The van der Waals surface area contributed by atoms with Crippen molar-refractivity contribution in [3.63, 3.8) is 0 Å². The van der Waals surface area contributed by atoms with Gasteiger partial charge >= 0.3 is 0 Å². The number of nitriles is 1. The summed E-state index contributed by atoms with van der Waals surface area (Å²) in [7, 11) is 0. The monoisotopic (exact) mass is 383 g/mol. The van der Waals surface area contributed by atoms with Crippen molar-refractivity contribution in [1.82, 2.24) is 5.32 Å². The van der Waals surface area contributed by atoms with E-state index in [1.54, 1.807) is 30.3 Å². The summed E-state index contributed by atoms with van der Waals surface area (Å²) in [5, 5.41) is 15.2. The normalized spacial score (nSPS) is 18.0. The molecule has 1 aliphatic heterocycles. The number of benzene rings is 3. The standard InChI is InChI=1S/C24H21N3O2/c25-14-17-9-11-20(12-10-17)29-21-8-4-7-19(13-21)27-24(28)23-16-26-15-22(23)18-5-2-1-3-6-18/h1-13,22-23,26H,15-16H2,(H,27,28)/t22-,23+/m0/s1. The molecule has 4 rings (SSSR count). The van der Waals surface area contributed by atoms with Gasteiger partial charge in [0.25, 0.3) is 0 Å². The minimum atomic E-state index is -0.125. The van der Waals surface area contributed by atoms with E-state index in [9.17, 15) is 4.79 Å². The first-order valence-corrected chi connectivity index (χ1v) is 9.57. The summed E-state index contributed by atoms with van der Waals surface area (Å²) < 4.78 is 5.84. The molecule has 0 saturated carbocycles. The number of ether oxygens (including phenoxy) is 1. The van der Waals surface area contributed by atoms with Gasteiger partial charge in [-0.2, -0.15) is 5.26 Å². The molecule has 2 atom stereocenters. The highest BCUT2D eigenvalue weighted by Gasteiger charge is 2.33. The average molecular weight is 383 g/mol. The molecule has 0 unspecified atom stereocenters. The molecule has 2 N–H and O–H groups in total. The third-order valence-electron chi connectivity index (χ3n) is 5.10. The summed E-state index contributed by atoms with van der Waals surface area (Å²) in [6, 6.07) is 26.5. The van der Waals surface area contributed by atoms with Crippen LogP contribution in [0.15, 0.2) is 78.9 Å². The highest BCUT2D eigenvalue weighted by atomic mass is 16.5. The minimum Gasteiger partial charge on any atom is -0.457 e. The third kappa shape index (κ3) is 4.45. The largest absolute Gasteiger partial charge is 0.457 e. The Hall–Kier alpha value is -3.62. The Balaban J connectivity index is 1.44. The summed E-state index contributed by atoms with van der Waals surface area (Å²) in [6.07, 6.45) is 0. The van der Waals surface area contributed by atoms with E-state index in [2.05, 4.69) is 28.8 Å². The van der Waals surface area contributed by atoms with Gasteiger partial charge in [-0.15, -0.1) is 0 Å². The predicted octanol–water partition coefficient (Wildman–Crippen LogP) is 4.29. The van der Waals surface area contributed by atoms with Crippen LogP contribution in [0.4, 0.5) is 5.69 Å². The summed E-state index contributed by atoms with van der Waals surface area (Å²) in [4.78, 5) is 12.9. The molecule has 29 heavy (non-hydrogen) atoms. The van der Waals surface area contributed by atoms with Gasteiger partial charge in [-0.25, -0.2) is 0 Å². The number of carbonyl (C=O) groups is 1. The lowest BCUT2D eigenvalue weighted by Gasteiger charge is -2.19. The van der Waals surface area contributed by atoms with Crippen molar-refractivity contribution >= 4 is 11.6 Å². The lowest BCUT2D eigenvalue weighted by atomic mass is 9.88. The van der Waals surface area contributed by atoms with E-state index < -0.39 is 0 Å². The Morgan fingerprint density at radius 3 is 2.52 bits per heavy atom. The summed E-state index contributed by atoms with van der Waals surface area (Å²) in [5.74, 6) is 1.29. The van der Waals surface area contributed by atoms with E-state index in [4.69, 9.17) is 10.00 Å². The van der Waals surface area contributed by atoms with Gasteiger partial charge < -0.3 is 15.4 Å². The van der Waals surface area contributed by atoms with Crippen LogP contribution in [0.5, 0.6) is 11.5 Å². The van der Waals surface area contributed by atoms with E-state index >= 15 is 0 Å². The van der Waals surface area contributed by atoms with Gasteiger partial charge in [0.05, 0.1) is 17.6 Å². The fourth-order valence-electron chi connectivity index (χ4n) is 3.61. The van der Waals surface area contributed by atoms with Crippen molar-refractivity contribution in [3.05, 3.63) is 90.0 Å². The maximum atomic E-state index is 12.9. The molecule has 0 aliphatic carbocycles. The minimum absolute atomic E-state index is 0.000578. The molecule has 144 valence electrons. The van der Waals surface area contributed by atoms with Gasteiger partial charge in [-0.1, -0.05) is 36.4 Å². The van der Waals surface area contributed by atoms with E-state index in [1.165, 1.54) is 5.56 Å². The number of carbonyl (C=O) groups excluding carboxylic acids is 1. The van der Waals surface area contributed by atoms with E-state index in [-0.39, 0.29) is 17.7 Å². The number of hydrogen-bond acceptors (Lipinski definition) is 4. The average Bonchev–Trinajstić information content (AvgIpc) is 3.25. The fourth-order valence-corrected chi connectivity index (χ4v) is 3.61. The topological polar surface area (TPSA) is 74.1 Å². The molecular weight excluding hydrogens is 362 g/mol. The number of hydrogen-bond donors (Lipinski definition) is 2. The van der Waals surface area contributed by atoms with Gasteiger partial charge in [0.2, 0.25) is 5.91 Å². The molecule has 0 aromatic heterocycles. The van der Waals surface area contributed by atoms with Crippen molar-refractivity contribution in [1.29, 1.82) is 5.26 Å². The summed E-state index contributed by atoms with van der Waals surface area (Å²) in [5.41, 5.74) is 2.45. The number of anilines is 1. The van der Waals surface area contributed by atoms with Crippen LogP contribution < -0.4 is 15.4 Å². The van der Waals surface area contributed by atoms with E-state index in [0.29, 0.717) is 29.3 Å². The number of rotatable bonds is 5. The molecule has 1 fully saturated rings. The molecule has 0 radical (unpaired) electrons. The Morgan fingerprint density at radius 1 is 0.966 bits per heavy atom. The van der Waals surface area contributed by atoms with Crippen LogP contribution in [-0.4, -0.2) is 19.0 Å². The predicted molar refractivity (Wildman–Crippen MR) is 112 cm³/mol. The van der Waals surface area contributed by atoms with Crippen LogP contribution >= 0.6 is 0 Å². The van der Waals surface area contributed by atoms with Gasteiger partial charge in [0.15, 0.2) is 0 Å². The molecule has 5 nitrogen and oxygen atoms in total. The molecule has 1 saturated heterocycles. The summed E-state index contributed by atoms with van der Waals surface area (Å²) in [6.45, 7) is 1.46. The van der Waals surface area contributed by atoms with E-state index in [0.717, 1.165) is 6.54 Å². The van der Waals surface area contributed by atoms with Crippen molar-refractivity contribution in [2.45, 2.75) is 5.92 Å². The Bertz CT molecular complexity index is 1030. The molecule has 1 heterocycles. The Morgan fingerprint density at radius 2 is 1.76 bits per heavy atom. The van der Waals surface area contributed by atoms with Crippen molar-refractivity contribution in [2.75, 3.05) is 18.4 Å². The van der Waals surface area contributed by atoms with Crippen LogP contribution in [0.2, 0.25) is 0 Å². The molecule has 0 bridgehead atoms. The third-order valence-corrected chi connectivity index (χ3v) is 5.10. The van der Waals surface area contributed by atoms with Crippen LogP contribution in [0.25, 0.3) is 0 Å². The first-order chi connectivity index (χ1) is 14.2. The zero-order chi connectivity index (χ0) is 20.1. The van der Waals surface area contributed by atoms with Gasteiger partial charge in [0, 0.05) is 30.8 Å². The molecule has 1 aliphatic rings. The first-order valence-electron chi connectivity index (χ1n) is 9.57. The summed E-state index contributed by atoms with van der Waals surface area (Å²) >= 11 is 0. The Kier molecular flexibility index (Phi) is 5.55. The highest BCUT2D eigenvalue weighted by Crippen LogP contribution is 2.30. The number of nitrogens with one attached hydrogen (secondary N) is 2. The smallest absolute Gasteiger partial charge is 0.229 e. The zero-order valence-electron chi connectivity index (χ0n) is 15.8. The SMILES string of the molecule is N#Cc1ccc(Oc2cccc(NC(=O)[C@@H]3CNC[C@H]3c3ccccc3)c2)cc1. The van der Waals surface area contributed by atoms with Crippen molar-refractivity contribution < 1.29 is 9.53 Å². The van der Waals surface area contributed by atoms with Gasteiger partial charge in [-0.3, -0.25) is 4.79 Å². The second-order valence-corrected chi connectivity index (χ2v) is 7.04. The second kappa shape index (κ2) is 8.59.